The number of amides is 2. The molecular formula is C25H29N5O4S. The molecule has 1 heterocycles. The maximum Gasteiger partial charge on any atom is 0.251 e. The quantitative estimate of drug-likeness (QED) is 0.277. The van der Waals surface area contributed by atoms with Crippen LogP contribution in [0.1, 0.15) is 21.7 Å². The van der Waals surface area contributed by atoms with Gasteiger partial charge in [0, 0.05) is 18.7 Å². The van der Waals surface area contributed by atoms with Crippen molar-refractivity contribution in [2.45, 2.75) is 24.7 Å². The van der Waals surface area contributed by atoms with Crippen LogP contribution < -0.4 is 20.1 Å². The molecule has 0 aliphatic heterocycles. The number of aromatic nitrogens is 3. The SMILES string of the molecule is C=CCn1c(CNC(=O)c2ccc(OC)c(OC)c2)nnc1SCC(=O)NCCc1ccccc1. The minimum atomic E-state index is -0.286. The van der Waals surface area contributed by atoms with Crippen molar-refractivity contribution < 1.29 is 19.1 Å². The summed E-state index contributed by atoms with van der Waals surface area (Å²) >= 11 is 1.29. The van der Waals surface area contributed by atoms with E-state index in [0.717, 1.165) is 6.42 Å². The van der Waals surface area contributed by atoms with Crippen molar-refractivity contribution >= 4 is 23.6 Å². The summed E-state index contributed by atoms with van der Waals surface area (Å²) in [5.74, 6) is 1.41. The second-order valence-electron chi connectivity index (χ2n) is 7.42. The molecule has 10 heteroatoms. The number of benzene rings is 2. The van der Waals surface area contributed by atoms with E-state index in [4.69, 9.17) is 9.47 Å². The molecule has 2 N–H and O–H groups in total. The minimum Gasteiger partial charge on any atom is -0.493 e. The average molecular weight is 496 g/mol. The van der Waals surface area contributed by atoms with Crippen molar-refractivity contribution in [1.29, 1.82) is 0 Å². The van der Waals surface area contributed by atoms with Crippen LogP contribution in [0.4, 0.5) is 0 Å². The van der Waals surface area contributed by atoms with E-state index in [-0.39, 0.29) is 24.1 Å². The average Bonchev–Trinajstić information content (AvgIpc) is 3.27. The molecule has 0 radical (unpaired) electrons. The van der Waals surface area contributed by atoms with Gasteiger partial charge in [0.05, 0.1) is 26.5 Å². The molecular weight excluding hydrogens is 466 g/mol. The first-order chi connectivity index (χ1) is 17.0. The van der Waals surface area contributed by atoms with E-state index in [1.165, 1.54) is 31.5 Å². The molecule has 35 heavy (non-hydrogen) atoms. The Balaban J connectivity index is 1.54. The number of rotatable bonds is 13. The summed E-state index contributed by atoms with van der Waals surface area (Å²) in [5, 5.41) is 14.7. The molecule has 1 aromatic heterocycles. The van der Waals surface area contributed by atoms with Crippen molar-refractivity contribution in [3.8, 4) is 11.5 Å². The van der Waals surface area contributed by atoms with E-state index in [2.05, 4.69) is 27.4 Å². The number of carbonyl (C=O) groups is 2. The van der Waals surface area contributed by atoms with E-state index >= 15 is 0 Å². The number of hydrogen-bond donors (Lipinski definition) is 2. The summed E-state index contributed by atoms with van der Waals surface area (Å²) in [7, 11) is 3.05. The minimum absolute atomic E-state index is 0.0811. The molecule has 184 valence electrons. The second kappa shape index (κ2) is 13.2. The number of allylic oxidation sites excluding steroid dienone is 1. The van der Waals surface area contributed by atoms with Gasteiger partial charge in [0.15, 0.2) is 22.5 Å². The summed E-state index contributed by atoms with van der Waals surface area (Å²) in [5.41, 5.74) is 1.60. The van der Waals surface area contributed by atoms with Gasteiger partial charge in [0.2, 0.25) is 5.91 Å². The van der Waals surface area contributed by atoms with Crippen LogP contribution in [0.15, 0.2) is 66.3 Å². The van der Waals surface area contributed by atoms with Crippen LogP contribution >= 0.6 is 11.8 Å². The molecule has 3 aromatic rings. The number of methoxy groups -OCH3 is 2. The van der Waals surface area contributed by atoms with E-state index in [9.17, 15) is 9.59 Å². The van der Waals surface area contributed by atoms with Gasteiger partial charge in [0.1, 0.15) is 0 Å². The van der Waals surface area contributed by atoms with Crippen molar-refractivity contribution in [2.75, 3.05) is 26.5 Å². The topological polar surface area (TPSA) is 107 Å². The monoisotopic (exact) mass is 495 g/mol. The predicted molar refractivity (Wildman–Crippen MR) is 135 cm³/mol. The second-order valence-corrected chi connectivity index (χ2v) is 8.37. The van der Waals surface area contributed by atoms with E-state index in [1.54, 1.807) is 24.3 Å². The molecule has 0 unspecified atom stereocenters. The number of nitrogens with zero attached hydrogens (tertiary/aromatic N) is 3. The largest absolute Gasteiger partial charge is 0.493 e. The molecule has 0 spiro atoms. The summed E-state index contributed by atoms with van der Waals surface area (Å²) in [4.78, 5) is 24.9. The molecule has 3 rings (SSSR count). The van der Waals surface area contributed by atoms with Crippen LogP contribution in [0.5, 0.6) is 11.5 Å². The van der Waals surface area contributed by atoms with Gasteiger partial charge in [0.25, 0.3) is 5.91 Å². The van der Waals surface area contributed by atoms with Crippen molar-refractivity contribution in [1.82, 2.24) is 25.4 Å². The lowest BCUT2D eigenvalue weighted by Gasteiger charge is -2.11. The Morgan fingerprint density at radius 2 is 1.83 bits per heavy atom. The van der Waals surface area contributed by atoms with Gasteiger partial charge in [-0.05, 0) is 30.2 Å². The highest BCUT2D eigenvalue weighted by Gasteiger charge is 2.16. The predicted octanol–water partition coefficient (Wildman–Crippen LogP) is 2.86. The van der Waals surface area contributed by atoms with Crippen LogP contribution in [-0.4, -0.2) is 53.1 Å². The lowest BCUT2D eigenvalue weighted by Crippen LogP contribution is -2.27. The first-order valence-electron chi connectivity index (χ1n) is 11.0. The lowest BCUT2D eigenvalue weighted by molar-refractivity contribution is -0.118. The highest BCUT2D eigenvalue weighted by Crippen LogP contribution is 2.27. The highest BCUT2D eigenvalue weighted by atomic mass is 32.2. The molecule has 0 saturated heterocycles. The summed E-state index contributed by atoms with van der Waals surface area (Å²) in [6, 6.07) is 14.9. The Morgan fingerprint density at radius 3 is 2.54 bits per heavy atom. The van der Waals surface area contributed by atoms with Crippen LogP contribution in [0, 0.1) is 0 Å². The smallest absolute Gasteiger partial charge is 0.251 e. The Bertz CT molecular complexity index is 1150. The van der Waals surface area contributed by atoms with Gasteiger partial charge in [-0.2, -0.15) is 0 Å². The van der Waals surface area contributed by atoms with E-state index in [0.29, 0.717) is 41.1 Å². The zero-order valence-corrected chi connectivity index (χ0v) is 20.6. The highest BCUT2D eigenvalue weighted by molar-refractivity contribution is 7.99. The maximum atomic E-state index is 12.6. The van der Waals surface area contributed by atoms with Crippen LogP contribution in [0.25, 0.3) is 0 Å². The Morgan fingerprint density at radius 1 is 1.06 bits per heavy atom. The first-order valence-corrected chi connectivity index (χ1v) is 12.0. The molecule has 0 aliphatic carbocycles. The third-order valence-electron chi connectivity index (χ3n) is 5.07. The Kier molecular flexibility index (Phi) is 9.73. The molecule has 2 aromatic carbocycles. The zero-order valence-electron chi connectivity index (χ0n) is 19.8. The number of ether oxygens (including phenoxy) is 2. The number of nitrogens with one attached hydrogen (secondary N) is 2. The summed E-state index contributed by atoms with van der Waals surface area (Å²) in [6.45, 7) is 4.96. The van der Waals surface area contributed by atoms with Gasteiger partial charge in [-0.3, -0.25) is 9.59 Å². The fraction of sp³-hybridized carbons (Fsp3) is 0.280. The fourth-order valence-electron chi connectivity index (χ4n) is 3.28. The maximum absolute atomic E-state index is 12.6. The zero-order chi connectivity index (χ0) is 25.0. The van der Waals surface area contributed by atoms with Gasteiger partial charge < -0.3 is 24.7 Å². The van der Waals surface area contributed by atoms with Crippen LogP contribution in [0.3, 0.4) is 0 Å². The van der Waals surface area contributed by atoms with Gasteiger partial charge in [-0.15, -0.1) is 16.8 Å². The fourth-order valence-corrected chi connectivity index (χ4v) is 4.08. The lowest BCUT2D eigenvalue weighted by atomic mass is 10.1. The van der Waals surface area contributed by atoms with Crippen molar-refractivity contribution in [3.05, 3.63) is 78.1 Å². The van der Waals surface area contributed by atoms with Gasteiger partial charge in [-0.1, -0.05) is 48.2 Å². The molecule has 0 aliphatic rings. The first kappa shape index (κ1) is 25.8. The Hall–Kier alpha value is -3.79. The molecule has 0 atom stereocenters. The normalized spacial score (nSPS) is 10.5. The van der Waals surface area contributed by atoms with Gasteiger partial charge >= 0.3 is 0 Å². The molecule has 0 saturated carbocycles. The molecule has 0 fully saturated rings. The third kappa shape index (κ3) is 7.35. The van der Waals surface area contributed by atoms with E-state index < -0.39 is 0 Å². The number of hydrogen-bond acceptors (Lipinski definition) is 7. The van der Waals surface area contributed by atoms with Crippen LogP contribution in [0.2, 0.25) is 0 Å². The molecule has 9 nitrogen and oxygen atoms in total. The van der Waals surface area contributed by atoms with Crippen molar-refractivity contribution in [2.24, 2.45) is 0 Å². The number of thioether (sulfide) groups is 1. The Labute approximate surface area is 208 Å². The standard InChI is InChI=1S/C25H29N5O4S/c1-4-14-30-22(16-27-24(32)19-10-11-20(33-2)21(15-19)34-3)28-29-25(30)35-17-23(31)26-13-12-18-8-6-5-7-9-18/h4-11,15H,1,12-14,16-17H2,2-3H3,(H,26,31)(H,27,32). The van der Waals surface area contributed by atoms with E-state index in [1.807, 2.05) is 34.9 Å². The third-order valence-corrected chi connectivity index (χ3v) is 6.04. The summed E-state index contributed by atoms with van der Waals surface area (Å²) in [6.07, 6.45) is 2.49. The summed E-state index contributed by atoms with van der Waals surface area (Å²) < 4.78 is 12.3. The number of carbonyl (C=O) groups excluding carboxylic acids is 2. The molecule has 2 amide bonds. The van der Waals surface area contributed by atoms with Crippen LogP contribution in [-0.2, 0) is 24.3 Å². The van der Waals surface area contributed by atoms with Crippen molar-refractivity contribution in [3.63, 3.8) is 0 Å². The molecule has 0 bridgehead atoms. The van der Waals surface area contributed by atoms with Gasteiger partial charge in [-0.25, -0.2) is 0 Å².